The molecule has 2 aliphatic heterocycles. The minimum absolute atomic E-state index is 0.0329. The van der Waals surface area contributed by atoms with Crippen molar-refractivity contribution in [1.29, 1.82) is 0 Å². The number of aliphatic carboxylic acids is 1. The molecule has 14 heteroatoms. The Morgan fingerprint density at radius 1 is 1.29 bits per heavy atom. The van der Waals surface area contributed by atoms with Crippen LogP contribution in [0.1, 0.15) is 31.4 Å². The molecular formula is C27H35N9O4S. The number of thioether (sulfide) groups is 1. The van der Waals surface area contributed by atoms with Gasteiger partial charge in [0.05, 0.1) is 12.0 Å². The zero-order valence-electron chi connectivity index (χ0n) is 23.2. The van der Waals surface area contributed by atoms with Crippen LogP contribution in [0.4, 0.5) is 0 Å². The van der Waals surface area contributed by atoms with Crippen molar-refractivity contribution in [3.63, 3.8) is 0 Å². The molecule has 13 nitrogen and oxygen atoms in total. The van der Waals surface area contributed by atoms with Crippen LogP contribution in [0, 0.1) is 11.8 Å². The molecule has 41 heavy (non-hydrogen) atoms. The van der Waals surface area contributed by atoms with Crippen LogP contribution in [-0.4, -0.2) is 86.4 Å². The van der Waals surface area contributed by atoms with Gasteiger partial charge in [0.2, 0.25) is 11.8 Å². The number of carbonyl (C=O) groups excluding carboxylic acids is 2. The highest BCUT2D eigenvalue weighted by Crippen LogP contribution is 2.51. The normalized spacial score (nSPS) is 21.2. The number of rotatable bonds is 14. The monoisotopic (exact) mass is 581 g/mol. The van der Waals surface area contributed by atoms with E-state index in [0.29, 0.717) is 17.2 Å². The summed E-state index contributed by atoms with van der Waals surface area (Å²) in [6.45, 7) is 5.02. The molecule has 0 saturated carbocycles. The Hall–Kier alpha value is -4.04. The first-order chi connectivity index (χ1) is 19.8. The molecule has 1 saturated heterocycles. The van der Waals surface area contributed by atoms with Crippen molar-refractivity contribution < 1.29 is 19.5 Å². The lowest BCUT2D eigenvalue weighted by Crippen LogP contribution is -2.66. The molecular weight excluding hydrogens is 546 g/mol. The van der Waals surface area contributed by atoms with E-state index in [4.69, 9.17) is 5.73 Å². The van der Waals surface area contributed by atoms with E-state index in [2.05, 4.69) is 31.2 Å². The quantitative estimate of drug-likeness (QED) is 0.142. The maximum Gasteiger partial charge on any atom is 0.353 e. The van der Waals surface area contributed by atoms with Crippen molar-refractivity contribution in [2.45, 2.75) is 44.6 Å². The van der Waals surface area contributed by atoms with Gasteiger partial charge in [-0.2, -0.15) is 0 Å². The van der Waals surface area contributed by atoms with Gasteiger partial charge in [-0.25, -0.2) is 9.48 Å². The fourth-order valence-corrected chi connectivity index (χ4v) is 6.44. The molecule has 0 radical (unpaired) electrons. The van der Waals surface area contributed by atoms with E-state index in [9.17, 15) is 19.5 Å². The lowest BCUT2D eigenvalue weighted by Gasteiger charge is -2.47. The van der Waals surface area contributed by atoms with Crippen molar-refractivity contribution in [3.05, 3.63) is 58.5 Å². The second kappa shape index (κ2) is 13.5. The minimum Gasteiger partial charge on any atom is -0.477 e. The van der Waals surface area contributed by atoms with Gasteiger partial charge < -0.3 is 26.4 Å². The summed E-state index contributed by atoms with van der Waals surface area (Å²) in [4.78, 5) is 44.0. The fourth-order valence-electron chi connectivity index (χ4n) is 5.20. The highest BCUT2D eigenvalue weighted by Gasteiger charge is 2.60. The van der Waals surface area contributed by atoms with Crippen LogP contribution in [0.5, 0.6) is 0 Å². The summed E-state index contributed by atoms with van der Waals surface area (Å²) in [6.07, 6.45) is 5.91. The van der Waals surface area contributed by atoms with E-state index >= 15 is 0 Å². The van der Waals surface area contributed by atoms with Gasteiger partial charge in [0.15, 0.2) is 0 Å². The smallest absolute Gasteiger partial charge is 0.353 e. The van der Waals surface area contributed by atoms with Gasteiger partial charge in [0, 0.05) is 54.2 Å². The van der Waals surface area contributed by atoms with Crippen LogP contribution in [0.3, 0.4) is 0 Å². The Labute approximate surface area is 242 Å². The predicted octanol–water partition coefficient (Wildman–Crippen LogP) is 0.864. The van der Waals surface area contributed by atoms with Crippen LogP contribution < -0.4 is 16.4 Å². The van der Waals surface area contributed by atoms with Gasteiger partial charge >= 0.3 is 5.97 Å². The van der Waals surface area contributed by atoms with E-state index in [1.807, 2.05) is 37.4 Å². The first kappa shape index (κ1) is 29.9. The van der Waals surface area contributed by atoms with Crippen LogP contribution >= 0.6 is 11.8 Å². The summed E-state index contributed by atoms with van der Waals surface area (Å²) in [6, 6.07) is 7.20. The molecule has 0 unspecified atom stereocenters. The number of allylic oxidation sites excluding steroid dienone is 1. The summed E-state index contributed by atoms with van der Waals surface area (Å²) in [7, 11) is 1.72. The van der Waals surface area contributed by atoms with Crippen LogP contribution in [0.25, 0.3) is 5.57 Å². The highest BCUT2D eigenvalue weighted by atomic mass is 32.2. The summed E-state index contributed by atoms with van der Waals surface area (Å²) in [5.41, 5.74) is 8.55. The zero-order chi connectivity index (χ0) is 29.5. The van der Waals surface area contributed by atoms with Gasteiger partial charge in [0.25, 0.3) is 0 Å². The number of tetrazole rings is 1. The van der Waals surface area contributed by atoms with Gasteiger partial charge in [0.1, 0.15) is 18.6 Å². The Bertz CT molecular complexity index is 1340. The van der Waals surface area contributed by atoms with Crippen molar-refractivity contribution in [1.82, 2.24) is 35.7 Å². The third kappa shape index (κ3) is 6.65. The van der Waals surface area contributed by atoms with Crippen molar-refractivity contribution in [2.24, 2.45) is 22.6 Å². The largest absolute Gasteiger partial charge is 0.477 e. The topological polar surface area (TPSA) is 181 Å². The first-order valence-corrected chi connectivity index (χ1v) is 14.3. The van der Waals surface area contributed by atoms with Crippen molar-refractivity contribution in [3.8, 4) is 0 Å². The van der Waals surface area contributed by atoms with Gasteiger partial charge in [-0.15, -0.1) is 16.9 Å². The molecule has 0 bridgehead atoms. The molecule has 4 atom stereocenters. The maximum atomic E-state index is 13.1. The molecule has 0 aliphatic carbocycles. The number of carboxylic acids is 1. The van der Waals surface area contributed by atoms with E-state index in [1.54, 1.807) is 20.2 Å². The number of fused-ring (bicyclic) bond motifs is 1. The van der Waals surface area contributed by atoms with Gasteiger partial charge in [-0.1, -0.05) is 31.2 Å². The lowest BCUT2D eigenvalue weighted by molar-refractivity contribution is -0.158. The molecule has 3 heterocycles. The molecule has 4 rings (SSSR count). The number of nitrogens with one attached hydrogen (secondary N) is 2. The molecule has 1 aromatic heterocycles. The molecule has 218 valence electrons. The Morgan fingerprint density at radius 3 is 2.68 bits per heavy atom. The molecule has 2 aliphatic rings. The molecule has 5 N–H and O–H groups in total. The minimum atomic E-state index is -1.13. The summed E-state index contributed by atoms with van der Waals surface area (Å²) < 4.78 is 1.29. The Morgan fingerprint density at radius 2 is 2.05 bits per heavy atom. The van der Waals surface area contributed by atoms with E-state index in [1.165, 1.54) is 27.7 Å². The summed E-state index contributed by atoms with van der Waals surface area (Å²) in [5.74, 6) is -1.94. The molecule has 1 fully saturated rings. The van der Waals surface area contributed by atoms with Crippen molar-refractivity contribution in [2.75, 3.05) is 20.1 Å². The number of β-lactam (4-membered cyclic amide) rings is 1. The molecule has 2 aromatic rings. The SMILES string of the molecule is CN=C/C(=C\NCCCN)c1ccc(CSC2=C(C(=O)O)N3C(=O)[C@H]([C@@H](C)NC(=O)Cn4cnnn4)[C@H]3[C@H]2C)cc1. The summed E-state index contributed by atoms with van der Waals surface area (Å²) in [5, 5.41) is 26.8. The number of amides is 2. The average molecular weight is 582 g/mol. The van der Waals surface area contributed by atoms with Crippen LogP contribution in [0.15, 0.2) is 52.4 Å². The summed E-state index contributed by atoms with van der Waals surface area (Å²) >= 11 is 1.43. The Balaban J connectivity index is 1.41. The van der Waals surface area contributed by atoms with Crippen LogP contribution in [0.2, 0.25) is 0 Å². The number of aliphatic imine (C=N–C) groups is 1. The average Bonchev–Trinajstić information content (AvgIpc) is 3.53. The number of benzene rings is 1. The second-order valence-electron chi connectivity index (χ2n) is 9.96. The third-order valence-corrected chi connectivity index (χ3v) is 8.50. The fraction of sp³-hybridized carbons (Fsp3) is 0.444. The number of nitrogens with two attached hydrogens (primary N) is 1. The lowest BCUT2D eigenvalue weighted by atomic mass is 9.78. The Kier molecular flexibility index (Phi) is 9.89. The van der Waals surface area contributed by atoms with E-state index < -0.39 is 17.9 Å². The number of carboxylic acid groups (broad SMARTS) is 1. The highest BCUT2D eigenvalue weighted by molar-refractivity contribution is 8.02. The number of hydrogen-bond donors (Lipinski definition) is 4. The number of aromatic nitrogens is 4. The number of carbonyl (C=O) groups is 3. The molecule has 2 amide bonds. The third-order valence-electron chi connectivity index (χ3n) is 7.15. The molecule has 1 aromatic carbocycles. The number of hydrogen-bond acceptors (Lipinski definition) is 10. The van der Waals surface area contributed by atoms with E-state index in [-0.39, 0.29) is 36.0 Å². The second-order valence-corrected chi connectivity index (χ2v) is 11.0. The predicted molar refractivity (Wildman–Crippen MR) is 155 cm³/mol. The molecule has 0 spiro atoms. The maximum absolute atomic E-state index is 13.1. The van der Waals surface area contributed by atoms with Crippen LogP contribution in [-0.2, 0) is 26.7 Å². The van der Waals surface area contributed by atoms with Gasteiger partial charge in [-0.05, 0) is 41.4 Å². The standard InChI is InChI=1S/C27H35N9O4S/c1-16-23-22(17(2)32-21(37)13-35-15-31-33-34-35)26(38)36(23)24(27(39)40)25(16)41-14-18-5-7-19(8-6-18)20(11-29-3)12-30-10-4-9-28/h5-8,11-12,15-17,22-23,30H,4,9-10,13-14,28H2,1-3H3,(H,32,37)(H,39,40)/b20-12+,29-11?/t16-,17-,22-,23-/m1/s1. The first-order valence-electron chi connectivity index (χ1n) is 13.3. The van der Waals surface area contributed by atoms with E-state index in [0.717, 1.165) is 29.7 Å². The van der Waals surface area contributed by atoms with Crippen molar-refractivity contribution >= 4 is 41.3 Å². The number of nitrogens with zero attached hydrogens (tertiary/aromatic N) is 6. The zero-order valence-corrected chi connectivity index (χ0v) is 24.0. The van der Waals surface area contributed by atoms with Gasteiger partial charge in [-0.3, -0.25) is 14.6 Å².